The maximum absolute atomic E-state index is 5.04. The number of methoxy groups -OCH3 is 1. The van der Waals surface area contributed by atoms with Crippen LogP contribution in [0.2, 0.25) is 0 Å². The molecule has 4 heteroatoms. The summed E-state index contributed by atoms with van der Waals surface area (Å²) in [7, 11) is 3.69. The highest BCUT2D eigenvalue weighted by Crippen LogP contribution is 2.25. The van der Waals surface area contributed by atoms with Crippen molar-refractivity contribution in [3.63, 3.8) is 0 Å². The van der Waals surface area contributed by atoms with Gasteiger partial charge in [-0.2, -0.15) is 5.10 Å². The summed E-state index contributed by atoms with van der Waals surface area (Å²) in [5.74, 6) is 0. The first kappa shape index (κ1) is 14.2. The summed E-state index contributed by atoms with van der Waals surface area (Å²) in [4.78, 5) is 0. The molecule has 4 nitrogen and oxygen atoms in total. The quantitative estimate of drug-likeness (QED) is 0.701. The highest BCUT2D eigenvalue weighted by molar-refractivity contribution is 5.07. The first-order valence-electron chi connectivity index (χ1n) is 6.27. The molecule has 0 amide bonds. The van der Waals surface area contributed by atoms with Gasteiger partial charge in [0.1, 0.15) is 0 Å². The molecule has 1 aromatic rings. The van der Waals surface area contributed by atoms with Crippen molar-refractivity contribution in [2.75, 3.05) is 26.8 Å². The second-order valence-corrected chi connectivity index (χ2v) is 5.03. The molecule has 0 saturated heterocycles. The summed E-state index contributed by atoms with van der Waals surface area (Å²) in [6.07, 6.45) is 6.28. The Hall–Kier alpha value is -0.870. The molecule has 1 atom stereocenters. The molecule has 0 aliphatic rings. The number of ether oxygens (including phenoxy) is 1. The fourth-order valence-corrected chi connectivity index (χ4v) is 1.93. The largest absolute Gasteiger partial charge is 0.383 e. The van der Waals surface area contributed by atoms with Gasteiger partial charge in [0, 0.05) is 33.4 Å². The van der Waals surface area contributed by atoms with Crippen molar-refractivity contribution in [1.82, 2.24) is 15.1 Å². The van der Waals surface area contributed by atoms with Crippen molar-refractivity contribution in [2.45, 2.75) is 26.7 Å². The predicted octanol–water partition coefficient (Wildman–Crippen LogP) is 1.61. The first-order valence-corrected chi connectivity index (χ1v) is 6.27. The standard InChI is InChI=1S/C13H25N3O/c1-5-13(2,11-14-6-7-17-4)8-12-9-15-16(3)10-12/h9-10,14H,5-8,11H2,1-4H3. The highest BCUT2D eigenvalue weighted by atomic mass is 16.5. The number of nitrogens with zero attached hydrogens (tertiary/aromatic N) is 2. The lowest BCUT2D eigenvalue weighted by Gasteiger charge is -2.28. The normalized spacial score (nSPS) is 14.8. The lowest BCUT2D eigenvalue weighted by Crippen LogP contribution is -2.34. The van der Waals surface area contributed by atoms with Crippen molar-refractivity contribution < 1.29 is 4.74 Å². The van der Waals surface area contributed by atoms with Gasteiger partial charge in [-0.25, -0.2) is 0 Å². The van der Waals surface area contributed by atoms with E-state index in [2.05, 4.69) is 30.5 Å². The van der Waals surface area contributed by atoms with Crippen LogP contribution in [-0.2, 0) is 18.2 Å². The Bertz CT molecular complexity index is 324. The molecular formula is C13H25N3O. The molecule has 0 aromatic carbocycles. The molecule has 1 N–H and O–H groups in total. The van der Waals surface area contributed by atoms with Gasteiger partial charge < -0.3 is 10.1 Å². The number of nitrogens with one attached hydrogen (secondary N) is 1. The third kappa shape index (κ3) is 4.88. The molecule has 98 valence electrons. The van der Waals surface area contributed by atoms with E-state index < -0.39 is 0 Å². The smallest absolute Gasteiger partial charge is 0.0587 e. The van der Waals surface area contributed by atoms with Crippen LogP contribution in [0.3, 0.4) is 0 Å². The number of hydrogen-bond acceptors (Lipinski definition) is 3. The molecule has 1 heterocycles. The van der Waals surface area contributed by atoms with E-state index >= 15 is 0 Å². The maximum Gasteiger partial charge on any atom is 0.0587 e. The summed E-state index contributed by atoms with van der Waals surface area (Å²) in [5, 5.41) is 7.67. The Kier molecular flexibility index (Phi) is 5.65. The zero-order valence-electron chi connectivity index (χ0n) is 11.5. The molecule has 1 unspecified atom stereocenters. The molecule has 17 heavy (non-hydrogen) atoms. The molecule has 1 aromatic heterocycles. The van der Waals surface area contributed by atoms with E-state index in [9.17, 15) is 0 Å². The monoisotopic (exact) mass is 239 g/mol. The highest BCUT2D eigenvalue weighted by Gasteiger charge is 2.22. The fraction of sp³-hybridized carbons (Fsp3) is 0.769. The van der Waals surface area contributed by atoms with Crippen LogP contribution in [0.1, 0.15) is 25.8 Å². The van der Waals surface area contributed by atoms with Crippen LogP contribution in [0, 0.1) is 5.41 Å². The van der Waals surface area contributed by atoms with E-state index in [1.54, 1.807) is 7.11 Å². The Morgan fingerprint density at radius 2 is 2.29 bits per heavy atom. The predicted molar refractivity (Wildman–Crippen MR) is 70.1 cm³/mol. The zero-order chi connectivity index (χ0) is 12.7. The van der Waals surface area contributed by atoms with Gasteiger partial charge >= 0.3 is 0 Å². The molecule has 0 radical (unpaired) electrons. The van der Waals surface area contributed by atoms with Crippen molar-refractivity contribution in [2.24, 2.45) is 12.5 Å². The molecule has 0 saturated carbocycles. The molecule has 0 aliphatic heterocycles. The van der Waals surface area contributed by atoms with Gasteiger partial charge in [-0.3, -0.25) is 4.68 Å². The molecule has 0 fully saturated rings. The van der Waals surface area contributed by atoms with Crippen molar-refractivity contribution in [1.29, 1.82) is 0 Å². The van der Waals surface area contributed by atoms with Gasteiger partial charge in [0.2, 0.25) is 0 Å². The average Bonchev–Trinajstić information content (AvgIpc) is 2.70. The Labute approximate surface area is 104 Å². The van der Waals surface area contributed by atoms with Gasteiger partial charge in [0.25, 0.3) is 0 Å². The average molecular weight is 239 g/mol. The minimum atomic E-state index is 0.288. The van der Waals surface area contributed by atoms with Gasteiger partial charge in [-0.05, 0) is 23.8 Å². The number of hydrogen-bond donors (Lipinski definition) is 1. The lowest BCUT2D eigenvalue weighted by atomic mass is 9.82. The van der Waals surface area contributed by atoms with Crippen LogP contribution in [0.4, 0.5) is 0 Å². The Morgan fingerprint density at radius 3 is 2.82 bits per heavy atom. The summed E-state index contributed by atoms with van der Waals surface area (Å²) >= 11 is 0. The van der Waals surface area contributed by atoms with E-state index in [1.807, 2.05) is 17.9 Å². The number of rotatable bonds is 8. The van der Waals surface area contributed by atoms with Crippen LogP contribution >= 0.6 is 0 Å². The number of aryl methyl sites for hydroxylation is 1. The van der Waals surface area contributed by atoms with Crippen molar-refractivity contribution in [3.05, 3.63) is 18.0 Å². The van der Waals surface area contributed by atoms with E-state index in [-0.39, 0.29) is 5.41 Å². The third-order valence-corrected chi connectivity index (χ3v) is 3.28. The van der Waals surface area contributed by atoms with Crippen molar-refractivity contribution in [3.8, 4) is 0 Å². The van der Waals surface area contributed by atoms with Crippen LogP contribution in [0.5, 0.6) is 0 Å². The summed E-state index contributed by atoms with van der Waals surface area (Å²) in [5.41, 5.74) is 1.60. The summed E-state index contributed by atoms with van der Waals surface area (Å²) in [6.45, 7) is 7.27. The Morgan fingerprint density at radius 1 is 1.53 bits per heavy atom. The first-order chi connectivity index (χ1) is 8.09. The van der Waals surface area contributed by atoms with Crippen LogP contribution in [-0.4, -0.2) is 36.6 Å². The second-order valence-electron chi connectivity index (χ2n) is 5.03. The summed E-state index contributed by atoms with van der Waals surface area (Å²) in [6, 6.07) is 0. The maximum atomic E-state index is 5.04. The number of aromatic nitrogens is 2. The van der Waals surface area contributed by atoms with Gasteiger partial charge in [0.15, 0.2) is 0 Å². The molecule has 1 rings (SSSR count). The van der Waals surface area contributed by atoms with E-state index in [0.29, 0.717) is 0 Å². The van der Waals surface area contributed by atoms with Crippen LogP contribution < -0.4 is 5.32 Å². The van der Waals surface area contributed by atoms with Crippen LogP contribution in [0.15, 0.2) is 12.4 Å². The SMILES string of the molecule is CCC(C)(CNCCOC)Cc1cnn(C)c1. The van der Waals surface area contributed by atoms with Gasteiger partial charge in [0.05, 0.1) is 12.8 Å². The Balaban J connectivity index is 2.44. The van der Waals surface area contributed by atoms with E-state index in [0.717, 1.165) is 32.5 Å². The zero-order valence-corrected chi connectivity index (χ0v) is 11.5. The van der Waals surface area contributed by atoms with Gasteiger partial charge in [-0.15, -0.1) is 0 Å². The van der Waals surface area contributed by atoms with Crippen molar-refractivity contribution >= 4 is 0 Å². The minimum absolute atomic E-state index is 0.288. The fourth-order valence-electron chi connectivity index (χ4n) is 1.93. The molecule has 0 bridgehead atoms. The molecule has 0 aliphatic carbocycles. The minimum Gasteiger partial charge on any atom is -0.383 e. The molecule has 0 spiro atoms. The van der Waals surface area contributed by atoms with E-state index in [1.165, 1.54) is 5.56 Å². The van der Waals surface area contributed by atoms with Crippen LogP contribution in [0.25, 0.3) is 0 Å². The summed E-state index contributed by atoms with van der Waals surface area (Å²) < 4.78 is 6.90. The second kappa shape index (κ2) is 6.77. The van der Waals surface area contributed by atoms with E-state index in [4.69, 9.17) is 4.74 Å². The third-order valence-electron chi connectivity index (χ3n) is 3.28. The van der Waals surface area contributed by atoms with Gasteiger partial charge in [-0.1, -0.05) is 13.8 Å². The lowest BCUT2D eigenvalue weighted by molar-refractivity contribution is 0.191. The molecular weight excluding hydrogens is 214 g/mol. The topological polar surface area (TPSA) is 39.1 Å².